The number of anilines is 1. The van der Waals surface area contributed by atoms with E-state index >= 15 is 0 Å². The molecule has 2 aromatic carbocycles. The van der Waals surface area contributed by atoms with Gasteiger partial charge in [0, 0.05) is 29.4 Å². The number of fused-ring (bicyclic) bond motifs is 1. The Kier molecular flexibility index (Phi) is 8.01. The summed E-state index contributed by atoms with van der Waals surface area (Å²) < 4.78 is 59.2. The summed E-state index contributed by atoms with van der Waals surface area (Å²) in [5.74, 6) is -5.19. The van der Waals surface area contributed by atoms with Gasteiger partial charge < -0.3 is 21.1 Å². The lowest BCUT2D eigenvalue weighted by Crippen LogP contribution is -2.48. The zero-order chi connectivity index (χ0) is 29.3. The zero-order valence-electron chi connectivity index (χ0n) is 22.0. The number of hydrogen-bond donors (Lipinski definition) is 3. The summed E-state index contributed by atoms with van der Waals surface area (Å²) in [5.41, 5.74) is 6.75. The van der Waals surface area contributed by atoms with Gasteiger partial charge in [-0.25, -0.2) is 9.38 Å². The van der Waals surface area contributed by atoms with Crippen molar-refractivity contribution in [2.24, 2.45) is 28.5 Å². The number of halogens is 4. The Morgan fingerprint density at radius 3 is 2.46 bits per heavy atom. The molecule has 2 aromatic rings. The molecule has 3 aliphatic rings. The van der Waals surface area contributed by atoms with Crippen molar-refractivity contribution < 1.29 is 36.7 Å². The molecule has 12 heteroatoms. The van der Waals surface area contributed by atoms with Crippen molar-refractivity contribution in [3.05, 3.63) is 59.4 Å². The van der Waals surface area contributed by atoms with Crippen molar-refractivity contribution in [1.82, 2.24) is 5.32 Å². The number of ether oxygens (including phenoxy) is 1. The van der Waals surface area contributed by atoms with Crippen LogP contribution < -0.4 is 21.1 Å². The van der Waals surface area contributed by atoms with Crippen LogP contribution in [0.4, 0.5) is 23.2 Å². The third-order valence-corrected chi connectivity index (χ3v) is 7.44. The van der Waals surface area contributed by atoms with Gasteiger partial charge in [0.05, 0.1) is 17.5 Å². The highest BCUT2D eigenvalue weighted by Crippen LogP contribution is 2.40. The molecule has 0 radical (unpaired) electrons. The minimum Gasteiger partial charge on any atom is -0.488 e. The van der Waals surface area contributed by atoms with Gasteiger partial charge in [0.25, 0.3) is 5.91 Å². The second kappa shape index (κ2) is 11.5. The number of rotatable bonds is 11. The fourth-order valence-corrected chi connectivity index (χ4v) is 5.00. The predicted octanol–water partition coefficient (Wildman–Crippen LogP) is 4.46. The number of aliphatic imine (C=N–C) groups is 1. The zero-order valence-corrected chi connectivity index (χ0v) is 22.0. The first-order valence-corrected chi connectivity index (χ1v) is 13.6. The topological polar surface area (TPSA) is 123 Å². The molecule has 3 amide bonds. The van der Waals surface area contributed by atoms with E-state index < -0.39 is 60.6 Å². The summed E-state index contributed by atoms with van der Waals surface area (Å²) >= 11 is 0. The van der Waals surface area contributed by atoms with Crippen LogP contribution in [0.5, 0.6) is 5.75 Å². The van der Waals surface area contributed by atoms with Gasteiger partial charge in [-0.1, -0.05) is 37.1 Å². The van der Waals surface area contributed by atoms with Crippen LogP contribution in [-0.2, 0) is 14.4 Å². The lowest BCUT2D eigenvalue weighted by atomic mass is 9.83. The van der Waals surface area contributed by atoms with Crippen LogP contribution in [0.25, 0.3) is 0 Å². The summed E-state index contributed by atoms with van der Waals surface area (Å²) in [6, 6.07) is 10.6. The molecule has 0 unspecified atom stereocenters. The fraction of sp³-hybridized carbons (Fsp3) is 0.448. The number of alkyl halides is 3. The molecule has 0 spiro atoms. The van der Waals surface area contributed by atoms with E-state index in [0.717, 1.165) is 25.7 Å². The molecule has 1 aliphatic heterocycles. The number of nitrogens with two attached hydrogens (primary N) is 1. The smallest absolute Gasteiger partial charge is 0.389 e. The Morgan fingerprint density at radius 2 is 1.83 bits per heavy atom. The predicted molar refractivity (Wildman–Crippen MR) is 141 cm³/mol. The van der Waals surface area contributed by atoms with Gasteiger partial charge in [0.2, 0.25) is 18.0 Å². The SMILES string of the molecule is NC(=O)[C@H](CCC(F)(F)F)[C@H](CC1CC1)C(=O)N[C@H]1N=C(c2cccc(F)c2)c2cccc(OC3CC3)c2NC1=O. The van der Waals surface area contributed by atoms with Gasteiger partial charge in [-0.15, -0.1) is 0 Å². The lowest BCUT2D eigenvalue weighted by Gasteiger charge is -2.26. The normalized spacial score (nSPS) is 20.1. The Balaban J connectivity index is 1.48. The molecule has 1 heterocycles. The van der Waals surface area contributed by atoms with Crippen molar-refractivity contribution in [2.75, 3.05) is 5.32 Å². The fourth-order valence-electron chi connectivity index (χ4n) is 5.00. The van der Waals surface area contributed by atoms with E-state index in [1.807, 2.05) is 0 Å². The van der Waals surface area contributed by atoms with Gasteiger partial charge in [0.15, 0.2) is 0 Å². The second-order valence-electron chi connectivity index (χ2n) is 10.8. The molecule has 41 heavy (non-hydrogen) atoms. The highest BCUT2D eigenvalue weighted by Gasteiger charge is 2.41. The van der Waals surface area contributed by atoms with Crippen molar-refractivity contribution >= 4 is 29.1 Å². The van der Waals surface area contributed by atoms with Crippen molar-refractivity contribution in [1.29, 1.82) is 0 Å². The van der Waals surface area contributed by atoms with Crippen molar-refractivity contribution in [3.8, 4) is 5.75 Å². The average Bonchev–Trinajstić information content (AvgIpc) is 3.81. The van der Waals surface area contributed by atoms with E-state index in [9.17, 15) is 31.9 Å². The first-order chi connectivity index (χ1) is 19.5. The maximum atomic E-state index is 14.2. The number of primary amides is 1. The quantitative estimate of drug-likeness (QED) is 0.343. The van der Waals surface area contributed by atoms with E-state index in [0.29, 0.717) is 22.6 Å². The van der Waals surface area contributed by atoms with Gasteiger partial charge in [0.1, 0.15) is 11.6 Å². The molecule has 218 valence electrons. The van der Waals surface area contributed by atoms with Gasteiger partial charge >= 0.3 is 6.18 Å². The lowest BCUT2D eigenvalue weighted by molar-refractivity contribution is -0.146. The van der Waals surface area contributed by atoms with Crippen molar-refractivity contribution in [3.63, 3.8) is 0 Å². The van der Waals surface area contributed by atoms with Crippen LogP contribution >= 0.6 is 0 Å². The third-order valence-electron chi connectivity index (χ3n) is 7.44. The minimum absolute atomic E-state index is 0.00247. The summed E-state index contributed by atoms with van der Waals surface area (Å²) in [7, 11) is 0. The van der Waals surface area contributed by atoms with E-state index in [4.69, 9.17) is 10.5 Å². The number of amides is 3. The molecule has 3 atom stereocenters. The monoisotopic (exact) mass is 574 g/mol. The number of nitrogens with zero attached hydrogens (tertiary/aromatic N) is 1. The molecule has 2 saturated carbocycles. The Hall–Kier alpha value is -3.96. The summed E-state index contributed by atoms with van der Waals surface area (Å²) in [6.45, 7) is 0. The van der Waals surface area contributed by atoms with Crippen LogP contribution in [0, 0.1) is 23.6 Å². The summed E-state index contributed by atoms with van der Waals surface area (Å²) in [6.07, 6.45) is -4.56. The molecular weight excluding hydrogens is 544 g/mol. The minimum atomic E-state index is -4.54. The number of benzodiazepines with no additional fused rings is 1. The molecule has 4 N–H and O–H groups in total. The summed E-state index contributed by atoms with van der Waals surface area (Å²) in [4.78, 5) is 43.7. The summed E-state index contributed by atoms with van der Waals surface area (Å²) in [5, 5.41) is 5.29. The van der Waals surface area contributed by atoms with Crippen LogP contribution in [-0.4, -0.2) is 41.9 Å². The third kappa shape index (κ3) is 7.22. The molecule has 0 saturated heterocycles. The largest absolute Gasteiger partial charge is 0.488 e. The first-order valence-electron chi connectivity index (χ1n) is 13.6. The van der Waals surface area contributed by atoms with E-state index in [2.05, 4.69) is 15.6 Å². The molecule has 0 aromatic heterocycles. The highest BCUT2D eigenvalue weighted by molar-refractivity contribution is 6.20. The number of nitrogens with one attached hydrogen (secondary N) is 2. The molecule has 0 bridgehead atoms. The van der Waals surface area contributed by atoms with Crippen LogP contribution in [0.3, 0.4) is 0 Å². The van der Waals surface area contributed by atoms with Gasteiger partial charge in [-0.05, 0) is 49.8 Å². The highest BCUT2D eigenvalue weighted by atomic mass is 19.4. The van der Waals surface area contributed by atoms with Crippen molar-refractivity contribution in [2.45, 2.75) is 63.4 Å². The van der Waals surface area contributed by atoms with Gasteiger partial charge in [-0.3, -0.25) is 14.4 Å². The number of para-hydroxylation sites is 1. The van der Waals surface area contributed by atoms with E-state index in [1.165, 1.54) is 18.2 Å². The number of carbonyl (C=O) groups is 3. The number of carbonyl (C=O) groups excluding carboxylic acids is 3. The number of hydrogen-bond acceptors (Lipinski definition) is 5. The Labute approximate surface area is 233 Å². The maximum absolute atomic E-state index is 14.2. The molecule has 2 aliphatic carbocycles. The molecule has 2 fully saturated rings. The van der Waals surface area contributed by atoms with E-state index in [-0.39, 0.29) is 24.2 Å². The van der Waals surface area contributed by atoms with Gasteiger partial charge in [-0.2, -0.15) is 13.2 Å². The van der Waals surface area contributed by atoms with Crippen LogP contribution in [0.15, 0.2) is 47.5 Å². The Morgan fingerprint density at radius 1 is 1.10 bits per heavy atom. The molecule has 5 rings (SSSR count). The molecule has 8 nitrogen and oxygen atoms in total. The average molecular weight is 575 g/mol. The molecular formula is C29H30F4N4O4. The van der Waals surface area contributed by atoms with Crippen LogP contribution in [0.1, 0.15) is 56.1 Å². The van der Waals surface area contributed by atoms with E-state index in [1.54, 1.807) is 24.3 Å². The van der Waals surface area contributed by atoms with Crippen LogP contribution in [0.2, 0.25) is 0 Å². The Bertz CT molecular complexity index is 1370. The second-order valence-corrected chi connectivity index (χ2v) is 10.8. The number of benzene rings is 2. The first kappa shape index (κ1) is 28.6. The standard InChI is InChI=1S/C29H30F4N4O4/c30-17-4-1-3-16(14-17)23-20-5-2-6-22(41-18-9-10-18)24(20)36-28(40)26(35-23)37-27(39)21(13-15-7-8-15)19(25(34)38)11-12-29(31,32)33/h1-6,14-15,18-19,21,26H,7-13H2,(H2,34,38)(H,36,40)(H,37,39)/t19-,21+,26-/m1/s1. The maximum Gasteiger partial charge on any atom is 0.389 e.